The lowest BCUT2D eigenvalue weighted by atomic mass is 9.66. The molecule has 0 amide bonds. The molecule has 4 nitrogen and oxygen atoms in total. The van der Waals surface area contributed by atoms with Gasteiger partial charge >= 0.3 is 0 Å². The first-order chi connectivity index (χ1) is 28.2. The van der Waals surface area contributed by atoms with E-state index in [0.717, 1.165) is 78.2 Å². The van der Waals surface area contributed by atoms with E-state index in [1.165, 1.54) is 27.8 Å². The van der Waals surface area contributed by atoms with E-state index in [2.05, 4.69) is 158 Å². The van der Waals surface area contributed by atoms with Crippen LogP contribution in [0.2, 0.25) is 0 Å². The van der Waals surface area contributed by atoms with Gasteiger partial charge in [-0.2, -0.15) is 0 Å². The van der Waals surface area contributed by atoms with Crippen LogP contribution >= 0.6 is 0 Å². The number of aromatic nitrogens is 2. The third-order valence-electron chi connectivity index (χ3n) is 11.8. The molecule has 3 heterocycles. The van der Waals surface area contributed by atoms with Crippen LogP contribution in [0.1, 0.15) is 22.3 Å². The molecule has 12 rings (SSSR count). The van der Waals surface area contributed by atoms with Gasteiger partial charge in [0.15, 0.2) is 5.82 Å². The van der Waals surface area contributed by atoms with Crippen LogP contribution in [0.4, 0.5) is 0 Å². The van der Waals surface area contributed by atoms with Crippen molar-refractivity contribution in [2.75, 3.05) is 0 Å². The Hall–Kier alpha value is -7.56. The second-order valence-corrected chi connectivity index (χ2v) is 14.9. The fourth-order valence-electron chi connectivity index (χ4n) is 9.22. The third kappa shape index (κ3) is 4.74. The van der Waals surface area contributed by atoms with Crippen LogP contribution in [0.3, 0.4) is 0 Å². The standard InChI is InChI=1S/C53H32N2O2/c1-2-12-34(13-3-1)46-32-47(37-26-28-41-40-16-6-10-20-48(40)56-50(41)31-37)55-52(54-46)35-24-22-33(23-25-35)36-27-29-45-51(30-36)57-49-21-11-9-19-44(49)53(45)42-17-7-4-14-38(42)39-15-5-8-18-43(39)53/h1-32H. The van der Waals surface area contributed by atoms with E-state index in [1.54, 1.807) is 0 Å². The number of ether oxygens (including phenoxy) is 1. The van der Waals surface area contributed by atoms with Gasteiger partial charge in [0.2, 0.25) is 0 Å². The quantitative estimate of drug-likeness (QED) is 0.181. The molecule has 1 aliphatic heterocycles. The maximum Gasteiger partial charge on any atom is 0.160 e. The minimum absolute atomic E-state index is 0.479. The zero-order valence-corrected chi connectivity index (χ0v) is 30.7. The Balaban J connectivity index is 0.953. The Kier molecular flexibility index (Phi) is 6.81. The molecule has 0 bridgehead atoms. The highest BCUT2D eigenvalue weighted by atomic mass is 16.5. The van der Waals surface area contributed by atoms with Crippen molar-refractivity contribution < 1.29 is 9.15 Å². The van der Waals surface area contributed by atoms with Crippen molar-refractivity contribution in [2.24, 2.45) is 0 Å². The average Bonchev–Trinajstić information content (AvgIpc) is 3.80. The summed E-state index contributed by atoms with van der Waals surface area (Å²) < 4.78 is 13.0. The molecule has 0 radical (unpaired) electrons. The van der Waals surface area contributed by atoms with E-state index >= 15 is 0 Å². The Labute approximate surface area is 329 Å². The minimum Gasteiger partial charge on any atom is -0.457 e. The van der Waals surface area contributed by atoms with Gasteiger partial charge in [0.05, 0.1) is 16.8 Å². The summed E-state index contributed by atoms with van der Waals surface area (Å²) in [5.41, 5.74) is 15.5. The lowest BCUT2D eigenvalue weighted by Gasteiger charge is -2.39. The summed E-state index contributed by atoms with van der Waals surface area (Å²) in [6.07, 6.45) is 0. The van der Waals surface area contributed by atoms with Gasteiger partial charge in [-0.25, -0.2) is 9.97 Å². The topological polar surface area (TPSA) is 48.2 Å². The van der Waals surface area contributed by atoms with Crippen LogP contribution in [-0.2, 0) is 5.41 Å². The van der Waals surface area contributed by atoms with Crippen LogP contribution in [0, 0.1) is 0 Å². The van der Waals surface area contributed by atoms with Crippen LogP contribution in [0.25, 0.3) is 78.1 Å². The molecule has 0 N–H and O–H groups in total. The lowest BCUT2D eigenvalue weighted by Crippen LogP contribution is -2.32. The molecule has 8 aromatic carbocycles. The highest BCUT2D eigenvalue weighted by molar-refractivity contribution is 6.05. The number of rotatable bonds is 4. The Morgan fingerprint density at radius 1 is 0.351 bits per heavy atom. The van der Waals surface area contributed by atoms with Crippen molar-refractivity contribution in [3.8, 4) is 67.7 Å². The number of fused-ring (bicyclic) bond motifs is 12. The minimum atomic E-state index is -0.479. The first-order valence-electron chi connectivity index (χ1n) is 19.3. The van der Waals surface area contributed by atoms with Crippen LogP contribution in [0.5, 0.6) is 11.5 Å². The molecule has 2 aromatic heterocycles. The monoisotopic (exact) mass is 728 g/mol. The Bertz CT molecular complexity index is 3170. The third-order valence-corrected chi connectivity index (χ3v) is 11.8. The molecule has 0 atom stereocenters. The molecule has 0 fully saturated rings. The van der Waals surface area contributed by atoms with E-state index < -0.39 is 5.41 Å². The normalized spacial score (nSPS) is 13.2. The summed E-state index contributed by atoms with van der Waals surface area (Å²) in [4.78, 5) is 10.2. The van der Waals surface area contributed by atoms with Crippen molar-refractivity contribution >= 4 is 21.9 Å². The van der Waals surface area contributed by atoms with Crippen LogP contribution in [-0.4, -0.2) is 9.97 Å². The predicted octanol–water partition coefficient (Wildman–Crippen LogP) is 13.5. The second-order valence-electron chi connectivity index (χ2n) is 14.9. The first kappa shape index (κ1) is 31.8. The molecule has 0 saturated heterocycles. The lowest BCUT2D eigenvalue weighted by molar-refractivity contribution is 0.436. The maximum atomic E-state index is 6.78. The highest BCUT2D eigenvalue weighted by Crippen LogP contribution is 2.62. The molecular formula is C53H32N2O2. The van der Waals surface area contributed by atoms with Crippen molar-refractivity contribution in [3.05, 3.63) is 216 Å². The van der Waals surface area contributed by atoms with Gasteiger partial charge in [-0.1, -0.05) is 158 Å². The predicted molar refractivity (Wildman–Crippen MR) is 228 cm³/mol. The molecular weight excluding hydrogens is 697 g/mol. The summed E-state index contributed by atoms with van der Waals surface area (Å²) in [5.74, 6) is 2.41. The molecule has 266 valence electrons. The summed E-state index contributed by atoms with van der Waals surface area (Å²) in [7, 11) is 0. The maximum absolute atomic E-state index is 6.78. The van der Waals surface area contributed by atoms with Gasteiger partial charge in [0.25, 0.3) is 0 Å². The summed E-state index contributed by atoms with van der Waals surface area (Å²) in [6, 6.07) is 68.2. The van der Waals surface area contributed by atoms with Crippen molar-refractivity contribution in [3.63, 3.8) is 0 Å². The number of nitrogens with zero attached hydrogens (tertiary/aromatic N) is 2. The fraction of sp³-hybridized carbons (Fsp3) is 0.0189. The van der Waals surface area contributed by atoms with Gasteiger partial charge in [0.1, 0.15) is 22.7 Å². The van der Waals surface area contributed by atoms with E-state index in [9.17, 15) is 0 Å². The molecule has 0 saturated carbocycles. The van der Waals surface area contributed by atoms with Gasteiger partial charge in [0, 0.05) is 38.6 Å². The van der Waals surface area contributed by atoms with Gasteiger partial charge in [-0.15, -0.1) is 0 Å². The zero-order chi connectivity index (χ0) is 37.5. The largest absolute Gasteiger partial charge is 0.457 e. The second kappa shape index (κ2) is 12.2. The van der Waals surface area contributed by atoms with Crippen LogP contribution in [0.15, 0.2) is 199 Å². The van der Waals surface area contributed by atoms with Crippen molar-refractivity contribution in [1.29, 1.82) is 0 Å². The van der Waals surface area contributed by atoms with Gasteiger partial charge < -0.3 is 9.15 Å². The fourth-order valence-corrected chi connectivity index (χ4v) is 9.22. The smallest absolute Gasteiger partial charge is 0.160 e. The number of benzene rings is 8. The molecule has 4 heteroatoms. The van der Waals surface area contributed by atoms with E-state index in [4.69, 9.17) is 19.1 Å². The molecule has 10 aromatic rings. The van der Waals surface area contributed by atoms with Gasteiger partial charge in [-0.3, -0.25) is 0 Å². The van der Waals surface area contributed by atoms with E-state index in [-0.39, 0.29) is 0 Å². The summed E-state index contributed by atoms with van der Waals surface area (Å²) in [5, 5.41) is 2.20. The molecule has 2 aliphatic rings. The van der Waals surface area contributed by atoms with Crippen LogP contribution < -0.4 is 4.74 Å². The summed E-state index contributed by atoms with van der Waals surface area (Å²) in [6.45, 7) is 0. The van der Waals surface area contributed by atoms with E-state index in [0.29, 0.717) is 5.82 Å². The summed E-state index contributed by atoms with van der Waals surface area (Å²) >= 11 is 0. The SMILES string of the molecule is c1ccc(-c2cc(-c3ccc4c(c3)oc3ccccc34)nc(-c3ccc(-c4ccc5c(c4)Oc4ccccc4C54c5ccccc5-c5ccccc54)cc3)n2)cc1. The number of para-hydroxylation sites is 2. The first-order valence-corrected chi connectivity index (χ1v) is 19.3. The Morgan fingerprint density at radius 3 is 1.72 bits per heavy atom. The molecule has 57 heavy (non-hydrogen) atoms. The Morgan fingerprint density at radius 2 is 0.930 bits per heavy atom. The van der Waals surface area contributed by atoms with Crippen molar-refractivity contribution in [2.45, 2.75) is 5.41 Å². The molecule has 1 aliphatic carbocycles. The molecule has 0 unspecified atom stereocenters. The molecule has 1 spiro atoms. The number of hydrogen-bond acceptors (Lipinski definition) is 4. The average molecular weight is 729 g/mol. The zero-order valence-electron chi connectivity index (χ0n) is 30.7. The van der Waals surface area contributed by atoms with Crippen molar-refractivity contribution in [1.82, 2.24) is 9.97 Å². The number of hydrogen-bond donors (Lipinski definition) is 0. The van der Waals surface area contributed by atoms with E-state index in [1.807, 2.05) is 36.4 Å². The van der Waals surface area contributed by atoms with Gasteiger partial charge in [-0.05, 0) is 69.8 Å². The highest BCUT2D eigenvalue weighted by Gasteiger charge is 2.50. The number of furan rings is 1.